The molecule has 7 nitrogen and oxygen atoms in total. The van der Waals surface area contributed by atoms with Crippen LogP contribution >= 0.6 is 11.3 Å². The molecule has 1 aromatic carbocycles. The number of rotatable bonds is 7. The van der Waals surface area contributed by atoms with Crippen molar-refractivity contribution >= 4 is 28.8 Å². The molecule has 2 aliphatic heterocycles. The van der Waals surface area contributed by atoms with E-state index in [1.165, 1.54) is 0 Å². The lowest BCUT2D eigenvalue weighted by atomic mass is 9.95. The number of primary amides is 1. The number of hydrogen-bond acceptors (Lipinski definition) is 6. The number of aryl methyl sites for hydroxylation is 1. The molecule has 4 rings (SSSR count). The highest BCUT2D eigenvalue weighted by atomic mass is 32.1. The minimum absolute atomic E-state index is 0.0200. The molecule has 166 valence electrons. The van der Waals surface area contributed by atoms with Gasteiger partial charge in [0.15, 0.2) is 0 Å². The topological polar surface area (TPSA) is 91.6 Å². The standard InChI is InChI=1S/C23H31N5O2S/c1-16-25-19(15-31-16)14-27-11-8-17(9-12-27)23(30)26-20-6-3-2-5-18(20)13-28-10-4-7-21(28)22(24)29/h2-3,5-6,15,17,21H,4,7-14H2,1H3,(H2,24,29)(H,26,30). The summed E-state index contributed by atoms with van der Waals surface area (Å²) in [6, 6.07) is 7.66. The first-order valence-corrected chi connectivity index (χ1v) is 11.9. The summed E-state index contributed by atoms with van der Waals surface area (Å²) in [5.74, 6) is -0.158. The number of likely N-dealkylation sites (tertiary alicyclic amines) is 2. The summed E-state index contributed by atoms with van der Waals surface area (Å²) in [5.41, 5.74) is 8.55. The number of nitrogens with one attached hydrogen (secondary N) is 1. The van der Waals surface area contributed by atoms with E-state index >= 15 is 0 Å². The van der Waals surface area contributed by atoms with Crippen LogP contribution in [-0.2, 0) is 22.7 Å². The van der Waals surface area contributed by atoms with Gasteiger partial charge in [0, 0.05) is 30.1 Å². The van der Waals surface area contributed by atoms with E-state index in [2.05, 4.69) is 25.5 Å². The van der Waals surface area contributed by atoms with E-state index in [4.69, 9.17) is 5.73 Å². The average Bonchev–Trinajstić information content (AvgIpc) is 3.39. The first-order valence-electron chi connectivity index (χ1n) is 11.0. The van der Waals surface area contributed by atoms with Gasteiger partial charge < -0.3 is 11.1 Å². The van der Waals surface area contributed by atoms with Crippen LogP contribution in [0.25, 0.3) is 0 Å². The van der Waals surface area contributed by atoms with E-state index < -0.39 is 0 Å². The second kappa shape index (κ2) is 9.89. The molecular formula is C23H31N5O2S. The molecule has 2 aromatic rings. The van der Waals surface area contributed by atoms with Crippen LogP contribution < -0.4 is 11.1 Å². The largest absolute Gasteiger partial charge is 0.368 e. The van der Waals surface area contributed by atoms with Crippen molar-refractivity contribution in [3.05, 3.63) is 45.9 Å². The number of thiazole rings is 1. The highest BCUT2D eigenvalue weighted by Crippen LogP contribution is 2.26. The number of hydrogen-bond donors (Lipinski definition) is 2. The fraction of sp³-hybridized carbons (Fsp3) is 0.522. The van der Waals surface area contributed by atoms with Gasteiger partial charge in [0.2, 0.25) is 11.8 Å². The normalized spacial score (nSPS) is 20.7. The highest BCUT2D eigenvalue weighted by Gasteiger charge is 2.30. The maximum atomic E-state index is 13.0. The van der Waals surface area contributed by atoms with Crippen LogP contribution in [0.15, 0.2) is 29.6 Å². The third-order valence-corrected chi connectivity index (χ3v) is 7.17. The van der Waals surface area contributed by atoms with Gasteiger partial charge in [0.05, 0.1) is 16.7 Å². The molecule has 2 saturated heterocycles. The van der Waals surface area contributed by atoms with Crippen molar-refractivity contribution in [3.63, 3.8) is 0 Å². The predicted molar refractivity (Wildman–Crippen MR) is 123 cm³/mol. The summed E-state index contributed by atoms with van der Waals surface area (Å²) >= 11 is 1.68. The minimum atomic E-state index is -0.265. The molecule has 3 N–H and O–H groups in total. The van der Waals surface area contributed by atoms with Crippen molar-refractivity contribution in [2.24, 2.45) is 11.7 Å². The van der Waals surface area contributed by atoms with Crippen LogP contribution in [0.3, 0.4) is 0 Å². The Labute approximate surface area is 187 Å². The number of anilines is 1. The zero-order chi connectivity index (χ0) is 21.8. The highest BCUT2D eigenvalue weighted by molar-refractivity contribution is 7.09. The molecule has 0 bridgehead atoms. The number of piperidine rings is 1. The molecular weight excluding hydrogens is 410 g/mol. The van der Waals surface area contributed by atoms with Gasteiger partial charge in [-0.2, -0.15) is 0 Å². The zero-order valence-corrected chi connectivity index (χ0v) is 18.9. The van der Waals surface area contributed by atoms with Crippen molar-refractivity contribution < 1.29 is 9.59 Å². The van der Waals surface area contributed by atoms with Crippen LogP contribution in [0.5, 0.6) is 0 Å². The van der Waals surface area contributed by atoms with Gasteiger partial charge >= 0.3 is 0 Å². The lowest BCUT2D eigenvalue weighted by molar-refractivity contribution is -0.122. The Kier molecular flexibility index (Phi) is 6.99. The fourth-order valence-corrected chi connectivity index (χ4v) is 5.24. The second-order valence-corrected chi connectivity index (χ2v) is 9.65. The Bertz CT molecular complexity index is 922. The van der Waals surface area contributed by atoms with E-state index in [1.54, 1.807) is 11.3 Å². The lowest BCUT2D eigenvalue weighted by Gasteiger charge is -2.31. The maximum absolute atomic E-state index is 13.0. The third-order valence-electron chi connectivity index (χ3n) is 6.35. The lowest BCUT2D eigenvalue weighted by Crippen LogP contribution is -2.40. The summed E-state index contributed by atoms with van der Waals surface area (Å²) in [6.07, 6.45) is 3.49. The summed E-state index contributed by atoms with van der Waals surface area (Å²) in [4.78, 5) is 33.7. The molecule has 2 amide bonds. The quantitative estimate of drug-likeness (QED) is 0.689. The number of para-hydroxylation sites is 1. The first kappa shape index (κ1) is 21.9. The number of nitrogens with zero attached hydrogens (tertiary/aromatic N) is 3. The Morgan fingerprint density at radius 1 is 1.16 bits per heavy atom. The summed E-state index contributed by atoms with van der Waals surface area (Å²) in [7, 11) is 0. The number of carbonyl (C=O) groups is 2. The number of aromatic nitrogens is 1. The number of carbonyl (C=O) groups excluding carboxylic acids is 2. The van der Waals surface area contributed by atoms with E-state index in [0.29, 0.717) is 6.54 Å². The Morgan fingerprint density at radius 3 is 2.65 bits per heavy atom. The number of nitrogens with two attached hydrogens (primary N) is 1. The van der Waals surface area contributed by atoms with Gasteiger partial charge in [-0.25, -0.2) is 4.98 Å². The summed E-state index contributed by atoms with van der Waals surface area (Å²) < 4.78 is 0. The minimum Gasteiger partial charge on any atom is -0.368 e. The smallest absolute Gasteiger partial charge is 0.234 e. The Hall–Kier alpha value is -2.29. The Morgan fingerprint density at radius 2 is 1.94 bits per heavy atom. The van der Waals surface area contributed by atoms with Gasteiger partial charge in [-0.15, -0.1) is 11.3 Å². The van der Waals surface area contributed by atoms with Crippen LogP contribution in [0.4, 0.5) is 5.69 Å². The number of amides is 2. The summed E-state index contributed by atoms with van der Waals surface area (Å²) in [5, 5.41) is 6.37. The van der Waals surface area contributed by atoms with Gasteiger partial charge in [-0.3, -0.25) is 19.4 Å². The third kappa shape index (κ3) is 5.50. The van der Waals surface area contributed by atoms with E-state index in [0.717, 1.165) is 73.8 Å². The van der Waals surface area contributed by atoms with Crippen molar-refractivity contribution in [3.8, 4) is 0 Å². The van der Waals surface area contributed by atoms with Crippen molar-refractivity contribution in [1.29, 1.82) is 0 Å². The molecule has 1 atom stereocenters. The maximum Gasteiger partial charge on any atom is 0.234 e. The molecule has 0 aliphatic carbocycles. The summed E-state index contributed by atoms with van der Waals surface area (Å²) in [6.45, 7) is 6.18. The molecule has 1 unspecified atom stereocenters. The average molecular weight is 442 g/mol. The molecule has 0 saturated carbocycles. The Balaban J connectivity index is 1.32. The van der Waals surface area contributed by atoms with Gasteiger partial charge in [-0.05, 0) is 63.9 Å². The van der Waals surface area contributed by atoms with Gasteiger partial charge in [-0.1, -0.05) is 18.2 Å². The van der Waals surface area contributed by atoms with E-state index in [1.807, 2.05) is 31.2 Å². The van der Waals surface area contributed by atoms with E-state index in [-0.39, 0.29) is 23.8 Å². The molecule has 0 radical (unpaired) electrons. The van der Waals surface area contributed by atoms with E-state index in [9.17, 15) is 9.59 Å². The molecule has 8 heteroatoms. The van der Waals surface area contributed by atoms with Crippen LogP contribution in [0.1, 0.15) is 41.9 Å². The predicted octanol–water partition coefficient (Wildman–Crippen LogP) is 2.75. The molecule has 3 heterocycles. The fourth-order valence-electron chi connectivity index (χ4n) is 4.63. The SMILES string of the molecule is Cc1nc(CN2CCC(C(=O)Nc3ccccc3CN3CCCC3C(N)=O)CC2)cs1. The van der Waals surface area contributed by atoms with Crippen LogP contribution in [0.2, 0.25) is 0 Å². The van der Waals surface area contributed by atoms with Crippen LogP contribution in [0, 0.1) is 12.8 Å². The van der Waals surface area contributed by atoms with Crippen LogP contribution in [-0.4, -0.2) is 52.3 Å². The first-order chi connectivity index (χ1) is 15.0. The zero-order valence-electron chi connectivity index (χ0n) is 18.0. The molecule has 31 heavy (non-hydrogen) atoms. The second-order valence-electron chi connectivity index (χ2n) is 8.59. The molecule has 0 spiro atoms. The van der Waals surface area contributed by atoms with Crippen molar-refractivity contribution in [2.75, 3.05) is 25.0 Å². The van der Waals surface area contributed by atoms with Crippen molar-refractivity contribution in [2.45, 2.75) is 51.7 Å². The van der Waals surface area contributed by atoms with Gasteiger partial charge in [0.1, 0.15) is 0 Å². The number of benzene rings is 1. The van der Waals surface area contributed by atoms with Crippen molar-refractivity contribution in [1.82, 2.24) is 14.8 Å². The van der Waals surface area contributed by atoms with Gasteiger partial charge in [0.25, 0.3) is 0 Å². The molecule has 2 fully saturated rings. The molecule has 1 aromatic heterocycles. The molecule has 2 aliphatic rings. The monoisotopic (exact) mass is 441 g/mol.